The Bertz CT molecular complexity index is 660. The first-order chi connectivity index (χ1) is 10.9. The van der Waals surface area contributed by atoms with Crippen LogP contribution in [0.25, 0.3) is 0 Å². The van der Waals surface area contributed by atoms with E-state index in [2.05, 4.69) is 15.4 Å². The molecule has 2 aromatic rings. The van der Waals surface area contributed by atoms with E-state index in [1.165, 1.54) is 19.3 Å². The van der Waals surface area contributed by atoms with Gasteiger partial charge in [0.25, 0.3) is 0 Å². The van der Waals surface area contributed by atoms with Crippen LogP contribution in [0, 0.1) is 11.6 Å². The van der Waals surface area contributed by atoms with Crippen molar-refractivity contribution in [3.8, 4) is 0 Å². The first-order valence-corrected chi connectivity index (χ1v) is 7.15. The van der Waals surface area contributed by atoms with Gasteiger partial charge in [-0.25, -0.2) is 13.8 Å². The lowest BCUT2D eigenvalue weighted by atomic mass is 9.95. The third-order valence-corrected chi connectivity index (χ3v) is 3.40. The molecule has 23 heavy (non-hydrogen) atoms. The fraction of sp³-hybridized carbons (Fsp3) is 0.400. The van der Waals surface area contributed by atoms with Crippen molar-refractivity contribution in [3.63, 3.8) is 0 Å². The van der Waals surface area contributed by atoms with Crippen molar-refractivity contribution >= 4 is 5.91 Å². The second kappa shape index (κ2) is 7.28. The van der Waals surface area contributed by atoms with Gasteiger partial charge in [-0.2, -0.15) is 5.10 Å². The summed E-state index contributed by atoms with van der Waals surface area (Å²) in [6.45, 7) is 1.74. The molecule has 2 rings (SSSR count). The van der Waals surface area contributed by atoms with E-state index in [0.29, 0.717) is 19.0 Å². The Kier molecular flexibility index (Phi) is 5.38. The summed E-state index contributed by atoms with van der Waals surface area (Å²) in [6.07, 6.45) is 3.76. The average molecular weight is 324 g/mol. The average Bonchev–Trinajstić information content (AvgIpc) is 2.98. The van der Waals surface area contributed by atoms with Crippen molar-refractivity contribution < 1.29 is 18.7 Å². The van der Waals surface area contributed by atoms with E-state index in [4.69, 9.17) is 0 Å². The molecule has 6 nitrogen and oxygen atoms in total. The summed E-state index contributed by atoms with van der Waals surface area (Å²) in [4.78, 5) is 15.6. The summed E-state index contributed by atoms with van der Waals surface area (Å²) < 4.78 is 28.2. The minimum atomic E-state index is -1.63. The van der Waals surface area contributed by atoms with E-state index in [0.717, 1.165) is 6.07 Å². The third-order valence-electron chi connectivity index (χ3n) is 3.40. The normalized spacial score (nSPS) is 13.6. The molecule has 1 atom stereocenters. The molecule has 8 heteroatoms. The molecule has 0 saturated carbocycles. The highest BCUT2D eigenvalue weighted by Crippen LogP contribution is 2.23. The predicted molar refractivity (Wildman–Crippen MR) is 78.2 cm³/mol. The van der Waals surface area contributed by atoms with Crippen LogP contribution in [0.1, 0.15) is 25.3 Å². The molecule has 0 aliphatic rings. The van der Waals surface area contributed by atoms with E-state index in [-0.39, 0.29) is 24.4 Å². The summed E-state index contributed by atoms with van der Waals surface area (Å²) in [5, 5.41) is 16.7. The number of hydrogen-bond acceptors (Lipinski definition) is 4. The Balaban J connectivity index is 1.82. The van der Waals surface area contributed by atoms with Crippen molar-refractivity contribution in [3.05, 3.63) is 48.1 Å². The summed E-state index contributed by atoms with van der Waals surface area (Å²) in [5.41, 5.74) is -1.69. The molecule has 0 radical (unpaired) electrons. The van der Waals surface area contributed by atoms with Gasteiger partial charge in [-0.05, 0) is 19.4 Å². The van der Waals surface area contributed by atoms with Gasteiger partial charge in [-0.3, -0.25) is 9.48 Å². The molecule has 124 valence electrons. The minimum absolute atomic E-state index is 0.0678. The number of carbonyl (C=O) groups excluding carboxylic acids is 1. The van der Waals surface area contributed by atoms with Gasteiger partial charge < -0.3 is 10.4 Å². The monoisotopic (exact) mass is 324 g/mol. The number of carbonyl (C=O) groups is 1. The number of aliphatic hydroxyl groups is 1. The molecule has 0 aliphatic carbocycles. The maximum atomic E-state index is 13.7. The van der Waals surface area contributed by atoms with Crippen LogP contribution in [0.3, 0.4) is 0 Å². The van der Waals surface area contributed by atoms with Crippen molar-refractivity contribution in [2.24, 2.45) is 0 Å². The Hall–Kier alpha value is -2.35. The molecule has 1 heterocycles. The number of aromatic nitrogens is 3. The lowest BCUT2D eigenvalue weighted by molar-refractivity contribution is -0.122. The van der Waals surface area contributed by atoms with E-state index in [1.54, 1.807) is 11.0 Å². The number of nitrogens with zero attached hydrogens (tertiary/aromatic N) is 3. The van der Waals surface area contributed by atoms with Gasteiger partial charge in [0.2, 0.25) is 5.91 Å². The summed E-state index contributed by atoms with van der Waals surface area (Å²) in [5.74, 6) is -1.84. The van der Waals surface area contributed by atoms with Crippen LogP contribution < -0.4 is 5.32 Å². The van der Waals surface area contributed by atoms with Crippen LogP contribution in [-0.4, -0.2) is 32.3 Å². The Morgan fingerprint density at radius 3 is 2.87 bits per heavy atom. The molecule has 0 fully saturated rings. The molecule has 1 aromatic carbocycles. The van der Waals surface area contributed by atoms with Crippen LogP contribution in [0.15, 0.2) is 30.9 Å². The molecule has 0 spiro atoms. The molecular formula is C15H18F2N4O2. The maximum Gasteiger partial charge on any atom is 0.220 e. The van der Waals surface area contributed by atoms with Gasteiger partial charge in [0, 0.05) is 24.6 Å². The van der Waals surface area contributed by atoms with Crippen LogP contribution in [-0.2, 0) is 16.9 Å². The maximum absolute atomic E-state index is 13.7. The van der Waals surface area contributed by atoms with E-state index in [1.807, 2.05) is 0 Å². The number of aryl methyl sites for hydroxylation is 1. The Morgan fingerprint density at radius 1 is 1.43 bits per heavy atom. The highest BCUT2D eigenvalue weighted by Gasteiger charge is 2.27. The lowest BCUT2D eigenvalue weighted by Gasteiger charge is -2.24. The number of hydrogen-bond donors (Lipinski definition) is 2. The topological polar surface area (TPSA) is 80.0 Å². The zero-order chi connectivity index (χ0) is 16.9. The van der Waals surface area contributed by atoms with Gasteiger partial charge in [0.1, 0.15) is 29.9 Å². The molecule has 0 saturated heterocycles. The van der Waals surface area contributed by atoms with E-state index < -0.39 is 17.2 Å². The molecule has 1 unspecified atom stereocenters. The quantitative estimate of drug-likeness (QED) is 0.806. The number of nitrogens with one attached hydrogen (secondary N) is 1. The Labute approximate surface area is 132 Å². The highest BCUT2D eigenvalue weighted by atomic mass is 19.1. The number of benzene rings is 1. The minimum Gasteiger partial charge on any atom is -0.383 e. The third kappa shape index (κ3) is 4.82. The Morgan fingerprint density at radius 2 is 2.22 bits per heavy atom. The number of halogens is 2. The standard InChI is InChI=1S/C15H18F2N4O2/c1-15(23,12-5-4-11(16)7-13(12)17)8-19-14(22)3-2-6-21-10-18-9-20-21/h4-5,7,9-10,23H,2-3,6,8H2,1H3,(H,19,22). The fourth-order valence-electron chi connectivity index (χ4n) is 2.13. The SMILES string of the molecule is CC(O)(CNC(=O)CCCn1cncn1)c1ccc(F)cc1F. The molecule has 0 aliphatic heterocycles. The fourth-order valence-corrected chi connectivity index (χ4v) is 2.13. The van der Waals surface area contributed by atoms with E-state index in [9.17, 15) is 18.7 Å². The van der Waals surface area contributed by atoms with Crippen LogP contribution >= 0.6 is 0 Å². The van der Waals surface area contributed by atoms with Crippen molar-refractivity contribution in [1.29, 1.82) is 0 Å². The van der Waals surface area contributed by atoms with Gasteiger partial charge in [0.05, 0.1) is 6.54 Å². The number of amides is 1. The molecule has 2 N–H and O–H groups in total. The van der Waals surface area contributed by atoms with Crippen molar-refractivity contribution in [2.45, 2.75) is 31.9 Å². The summed E-state index contributed by atoms with van der Waals surface area (Å²) in [6, 6.07) is 2.93. The molecular weight excluding hydrogens is 306 g/mol. The highest BCUT2D eigenvalue weighted by molar-refractivity contribution is 5.75. The van der Waals surface area contributed by atoms with Gasteiger partial charge in [-0.1, -0.05) is 6.07 Å². The predicted octanol–water partition coefficient (Wildman–Crippen LogP) is 1.36. The van der Waals surface area contributed by atoms with Crippen LogP contribution in [0.4, 0.5) is 8.78 Å². The number of rotatable bonds is 7. The van der Waals surface area contributed by atoms with Gasteiger partial charge in [0.15, 0.2) is 0 Å². The molecule has 1 amide bonds. The smallest absolute Gasteiger partial charge is 0.220 e. The second-order valence-electron chi connectivity index (χ2n) is 5.44. The van der Waals surface area contributed by atoms with Crippen LogP contribution in [0.5, 0.6) is 0 Å². The van der Waals surface area contributed by atoms with Gasteiger partial charge in [-0.15, -0.1) is 0 Å². The van der Waals surface area contributed by atoms with Gasteiger partial charge >= 0.3 is 0 Å². The second-order valence-corrected chi connectivity index (χ2v) is 5.44. The molecule has 1 aromatic heterocycles. The summed E-state index contributed by atoms with van der Waals surface area (Å²) in [7, 11) is 0. The zero-order valence-electron chi connectivity index (χ0n) is 12.7. The van der Waals surface area contributed by atoms with E-state index >= 15 is 0 Å². The largest absolute Gasteiger partial charge is 0.383 e. The van der Waals surface area contributed by atoms with Crippen molar-refractivity contribution in [2.75, 3.05) is 6.54 Å². The first-order valence-electron chi connectivity index (χ1n) is 7.15. The first kappa shape index (κ1) is 17.0. The van der Waals surface area contributed by atoms with Crippen molar-refractivity contribution in [1.82, 2.24) is 20.1 Å². The zero-order valence-corrected chi connectivity index (χ0v) is 12.7. The lowest BCUT2D eigenvalue weighted by Crippen LogP contribution is -2.39. The summed E-state index contributed by atoms with van der Waals surface area (Å²) >= 11 is 0. The molecule has 0 bridgehead atoms. The van der Waals surface area contributed by atoms with Crippen LogP contribution in [0.2, 0.25) is 0 Å².